The molecule has 0 bridgehead atoms. The maximum absolute atomic E-state index is 12.1. The number of aryl methyl sites for hydroxylation is 1. The molecule has 2 aromatic rings. The zero-order valence-electron chi connectivity index (χ0n) is 13.7. The molecule has 4 heteroatoms. The Morgan fingerprint density at radius 1 is 1.12 bits per heavy atom. The smallest absolute Gasteiger partial charge is 0.267 e. The molecular weight excluding hydrogens is 320 g/mol. The Morgan fingerprint density at radius 3 is 2.58 bits per heavy atom. The van der Waals surface area contributed by atoms with E-state index in [1.807, 2.05) is 74.5 Å². The summed E-state index contributed by atoms with van der Waals surface area (Å²) in [7, 11) is 0. The van der Waals surface area contributed by atoms with E-state index < -0.39 is 0 Å². The Bertz CT molecular complexity index is 793. The minimum absolute atomic E-state index is 0.326. The van der Waals surface area contributed by atoms with Gasteiger partial charge in [0.2, 0.25) is 0 Å². The second-order valence-electron chi connectivity index (χ2n) is 5.31. The van der Waals surface area contributed by atoms with Crippen LogP contribution in [0.15, 0.2) is 71.9 Å². The van der Waals surface area contributed by atoms with Crippen molar-refractivity contribution >= 4 is 29.3 Å². The second-order valence-corrected chi connectivity index (χ2v) is 5.71. The van der Waals surface area contributed by atoms with E-state index in [0.29, 0.717) is 16.3 Å². The fourth-order valence-corrected chi connectivity index (χ4v) is 2.29. The van der Waals surface area contributed by atoms with Gasteiger partial charge in [-0.25, -0.2) is 5.43 Å². The minimum Gasteiger partial charge on any atom is -0.267 e. The molecule has 0 spiro atoms. The Morgan fingerprint density at radius 2 is 1.88 bits per heavy atom. The first-order chi connectivity index (χ1) is 11.6. The van der Waals surface area contributed by atoms with E-state index in [0.717, 1.165) is 11.1 Å². The highest BCUT2D eigenvalue weighted by Gasteiger charge is 2.09. The fourth-order valence-electron chi connectivity index (χ4n) is 1.97. The van der Waals surface area contributed by atoms with Crippen molar-refractivity contribution in [3.05, 3.63) is 88.5 Å². The molecule has 0 aliphatic rings. The number of nitrogens with zero attached hydrogens (tertiary/aromatic N) is 1. The summed E-state index contributed by atoms with van der Waals surface area (Å²) in [4.78, 5) is 12.1. The van der Waals surface area contributed by atoms with Gasteiger partial charge in [0.25, 0.3) is 5.91 Å². The highest BCUT2D eigenvalue weighted by molar-refractivity contribution is 6.33. The molecule has 0 atom stereocenters. The standard InChI is InChI=1S/C20H19ClN2O/c1-15-12-13-18(19(21)14-15)20(24)23-22-16(2)8-6-7-11-17-9-4-3-5-10-17/h3-14H,1-2H3,(H,23,24). The quantitative estimate of drug-likeness (QED) is 0.464. The SMILES string of the molecule is CC(C=CC=Cc1ccccc1)=NNC(=O)c1ccc(C)cc1Cl. The lowest BCUT2D eigenvalue weighted by molar-refractivity contribution is 0.0955. The van der Waals surface area contributed by atoms with Gasteiger partial charge in [-0.05, 0) is 43.2 Å². The average Bonchev–Trinajstić information content (AvgIpc) is 2.57. The fraction of sp³-hybridized carbons (Fsp3) is 0.100. The number of rotatable bonds is 5. The molecule has 0 saturated heterocycles. The summed E-state index contributed by atoms with van der Waals surface area (Å²) in [5.41, 5.74) is 5.73. The maximum Gasteiger partial charge on any atom is 0.272 e. The number of carbonyl (C=O) groups excluding carboxylic acids is 1. The molecule has 0 unspecified atom stereocenters. The third-order valence-corrected chi connectivity index (χ3v) is 3.55. The zero-order chi connectivity index (χ0) is 17.4. The van der Waals surface area contributed by atoms with Gasteiger partial charge in [0.15, 0.2) is 0 Å². The van der Waals surface area contributed by atoms with Crippen molar-refractivity contribution in [2.75, 3.05) is 0 Å². The summed E-state index contributed by atoms with van der Waals surface area (Å²) in [5, 5.41) is 4.46. The van der Waals surface area contributed by atoms with E-state index in [1.165, 1.54) is 0 Å². The number of benzene rings is 2. The van der Waals surface area contributed by atoms with Gasteiger partial charge in [-0.1, -0.05) is 66.2 Å². The van der Waals surface area contributed by atoms with Crippen molar-refractivity contribution < 1.29 is 4.79 Å². The largest absolute Gasteiger partial charge is 0.272 e. The van der Waals surface area contributed by atoms with Gasteiger partial charge < -0.3 is 0 Å². The molecule has 0 saturated carbocycles. The molecule has 1 N–H and O–H groups in total. The average molecular weight is 339 g/mol. The number of allylic oxidation sites excluding steroid dienone is 3. The number of carbonyl (C=O) groups is 1. The predicted molar refractivity (Wildman–Crippen MR) is 101 cm³/mol. The Hall–Kier alpha value is -2.65. The number of hydrazone groups is 1. The third-order valence-electron chi connectivity index (χ3n) is 3.24. The molecule has 122 valence electrons. The molecule has 1 amide bonds. The molecule has 0 fully saturated rings. The van der Waals surface area contributed by atoms with E-state index in [-0.39, 0.29) is 5.91 Å². The first kappa shape index (κ1) is 17.7. The number of nitrogens with one attached hydrogen (secondary N) is 1. The van der Waals surface area contributed by atoms with Crippen LogP contribution in [0.3, 0.4) is 0 Å². The third kappa shape index (κ3) is 5.52. The number of hydrogen-bond acceptors (Lipinski definition) is 2. The Labute approximate surface area is 147 Å². The number of halogens is 1. The van der Waals surface area contributed by atoms with Gasteiger partial charge >= 0.3 is 0 Å². The van der Waals surface area contributed by atoms with Crippen LogP contribution in [0.4, 0.5) is 0 Å². The van der Waals surface area contributed by atoms with Crippen LogP contribution in [0.5, 0.6) is 0 Å². The first-order valence-corrected chi connectivity index (χ1v) is 7.94. The molecule has 2 aromatic carbocycles. The summed E-state index contributed by atoms with van der Waals surface area (Å²) < 4.78 is 0. The predicted octanol–water partition coefficient (Wildman–Crippen LogP) is 5.02. The number of amides is 1. The molecule has 0 aliphatic heterocycles. The molecule has 3 nitrogen and oxygen atoms in total. The maximum atomic E-state index is 12.1. The first-order valence-electron chi connectivity index (χ1n) is 7.57. The topological polar surface area (TPSA) is 41.5 Å². The lowest BCUT2D eigenvalue weighted by Gasteiger charge is -2.04. The molecular formula is C20H19ClN2O. The summed E-state index contributed by atoms with van der Waals surface area (Å²) in [5.74, 6) is -0.326. The van der Waals surface area contributed by atoms with Crippen LogP contribution >= 0.6 is 11.6 Å². The van der Waals surface area contributed by atoms with Gasteiger partial charge in [0, 0.05) is 0 Å². The van der Waals surface area contributed by atoms with Crippen LogP contribution in [-0.2, 0) is 0 Å². The van der Waals surface area contributed by atoms with Crippen LogP contribution in [0.2, 0.25) is 5.02 Å². The van der Waals surface area contributed by atoms with E-state index in [2.05, 4.69) is 10.5 Å². The van der Waals surface area contributed by atoms with Gasteiger partial charge in [0.1, 0.15) is 0 Å². The Kier molecular flexibility index (Phi) is 6.52. The molecule has 0 aromatic heterocycles. The van der Waals surface area contributed by atoms with Crippen LogP contribution in [-0.4, -0.2) is 11.6 Å². The van der Waals surface area contributed by atoms with Gasteiger partial charge in [-0.2, -0.15) is 5.10 Å². The van der Waals surface area contributed by atoms with Crippen molar-refractivity contribution in [3.8, 4) is 0 Å². The Balaban J connectivity index is 1.92. The van der Waals surface area contributed by atoms with Gasteiger partial charge in [0.05, 0.1) is 16.3 Å². The lowest BCUT2D eigenvalue weighted by atomic mass is 10.1. The highest BCUT2D eigenvalue weighted by atomic mass is 35.5. The van der Waals surface area contributed by atoms with Crippen LogP contribution < -0.4 is 5.43 Å². The number of hydrogen-bond donors (Lipinski definition) is 1. The molecule has 2 rings (SSSR count). The van der Waals surface area contributed by atoms with Crippen molar-refractivity contribution in [3.63, 3.8) is 0 Å². The molecule has 0 radical (unpaired) electrons. The van der Waals surface area contributed by atoms with Crippen molar-refractivity contribution in [1.82, 2.24) is 5.43 Å². The summed E-state index contributed by atoms with van der Waals surface area (Å²) in [6, 6.07) is 15.3. The van der Waals surface area contributed by atoms with Crippen molar-refractivity contribution in [1.29, 1.82) is 0 Å². The molecule has 0 heterocycles. The normalized spacial score (nSPS) is 12.0. The van der Waals surface area contributed by atoms with Crippen LogP contribution in [0, 0.1) is 6.92 Å². The van der Waals surface area contributed by atoms with Crippen LogP contribution in [0.1, 0.15) is 28.4 Å². The van der Waals surface area contributed by atoms with Crippen molar-refractivity contribution in [2.24, 2.45) is 5.10 Å². The lowest BCUT2D eigenvalue weighted by Crippen LogP contribution is -2.19. The zero-order valence-corrected chi connectivity index (χ0v) is 14.4. The highest BCUT2D eigenvalue weighted by Crippen LogP contribution is 2.17. The van der Waals surface area contributed by atoms with E-state index >= 15 is 0 Å². The van der Waals surface area contributed by atoms with E-state index in [1.54, 1.807) is 12.1 Å². The monoisotopic (exact) mass is 338 g/mol. The minimum atomic E-state index is -0.326. The van der Waals surface area contributed by atoms with Crippen LogP contribution in [0.25, 0.3) is 6.08 Å². The van der Waals surface area contributed by atoms with Crippen molar-refractivity contribution in [2.45, 2.75) is 13.8 Å². The summed E-state index contributed by atoms with van der Waals surface area (Å²) in [6.07, 6.45) is 7.61. The van der Waals surface area contributed by atoms with E-state index in [9.17, 15) is 4.79 Å². The van der Waals surface area contributed by atoms with Gasteiger partial charge in [-0.3, -0.25) is 4.79 Å². The summed E-state index contributed by atoms with van der Waals surface area (Å²) in [6.45, 7) is 3.73. The van der Waals surface area contributed by atoms with Gasteiger partial charge in [-0.15, -0.1) is 0 Å². The second kappa shape index (κ2) is 8.85. The van der Waals surface area contributed by atoms with E-state index in [4.69, 9.17) is 11.6 Å². The summed E-state index contributed by atoms with van der Waals surface area (Å²) >= 11 is 6.07. The molecule has 24 heavy (non-hydrogen) atoms. The molecule has 0 aliphatic carbocycles.